The summed E-state index contributed by atoms with van der Waals surface area (Å²) >= 11 is 0. The summed E-state index contributed by atoms with van der Waals surface area (Å²) in [6.07, 6.45) is 8.62. The summed E-state index contributed by atoms with van der Waals surface area (Å²) in [5.74, 6) is 0.514. The molecule has 31 heavy (non-hydrogen) atoms. The third-order valence-electron chi connectivity index (χ3n) is 5.18. The van der Waals surface area contributed by atoms with E-state index in [1.54, 1.807) is 25.6 Å². The minimum atomic E-state index is -0.187. The minimum Gasteiger partial charge on any atom is -0.481 e. The number of H-pyrrole nitrogens is 1. The van der Waals surface area contributed by atoms with Crippen LogP contribution in [0.5, 0.6) is 5.88 Å². The summed E-state index contributed by atoms with van der Waals surface area (Å²) in [7, 11) is 1.57. The normalized spacial score (nSPS) is 16.6. The third kappa shape index (κ3) is 6.42. The van der Waals surface area contributed by atoms with Crippen molar-refractivity contribution in [3.63, 3.8) is 0 Å². The fraction of sp³-hybridized carbons (Fsp3) is 0.435. The number of pyridine rings is 2. The third-order valence-corrected chi connectivity index (χ3v) is 5.18. The second-order valence-corrected chi connectivity index (χ2v) is 7.95. The highest BCUT2D eigenvalue weighted by molar-refractivity contribution is 5.87. The Labute approximate surface area is 182 Å². The van der Waals surface area contributed by atoms with Gasteiger partial charge < -0.3 is 25.3 Å². The number of nitrogens with one attached hydrogen (secondary N) is 3. The van der Waals surface area contributed by atoms with Crippen LogP contribution < -0.4 is 20.9 Å². The number of anilines is 1. The zero-order valence-corrected chi connectivity index (χ0v) is 18.4. The van der Waals surface area contributed by atoms with Crippen molar-refractivity contribution < 1.29 is 9.53 Å². The summed E-state index contributed by atoms with van der Waals surface area (Å²) < 4.78 is 5.19. The van der Waals surface area contributed by atoms with Crippen molar-refractivity contribution >= 4 is 11.6 Å². The number of carbonyl (C=O) groups excluding carboxylic acids is 1. The molecule has 1 atom stereocenters. The van der Waals surface area contributed by atoms with Crippen LogP contribution in [0, 0.1) is 0 Å². The molecule has 0 aromatic carbocycles. The SMILES string of the molecule is COc1cc(-c2c[nH]c(=O)c(N[C@H]3CCCN(C(=O)C=CCNC(C)C)C3)c2)ccn1. The van der Waals surface area contributed by atoms with Crippen LogP contribution in [-0.4, -0.2) is 59.6 Å². The van der Waals surface area contributed by atoms with Crippen molar-refractivity contribution in [3.05, 3.63) is 53.1 Å². The van der Waals surface area contributed by atoms with Crippen molar-refractivity contribution in [2.24, 2.45) is 0 Å². The summed E-state index contributed by atoms with van der Waals surface area (Å²) in [6, 6.07) is 5.90. The number of aromatic amines is 1. The number of ether oxygens (including phenoxy) is 1. The van der Waals surface area contributed by atoms with Gasteiger partial charge in [0.25, 0.3) is 5.56 Å². The predicted molar refractivity (Wildman–Crippen MR) is 122 cm³/mol. The number of hydrogen-bond acceptors (Lipinski definition) is 6. The summed E-state index contributed by atoms with van der Waals surface area (Å²) in [6.45, 7) is 6.09. The van der Waals surface area contributed by atoms with Crippen molar-refractivity contribution in [1.29, 1.82) is 0 Å². The first-order chi connectivity index (χ1) is 15.0. The monoisotopic (exact) mass is 425 g/mol. The number of methoxy groups -OCH3 is 1. The molecule has 3 heterocycles. The van der Waals surface area contributed by atoms with Gasteiger partial charge in [0.2, 0.25) is 11.8 Å². The van der Waals surface area contributed by atoms with Crippen molar-refractivity contribution in [3.8, 4) is 17.0 Å². The number of piperidine rings is 1. The maximum atomic E-state index is 12.5. The van der Waals surface area contributed by atoms with Gasteiger partial charge in [0.1, 0.15) is 5.69 Å². The fourth-order valence-corrected chi connectivity index (χ4v) is 3.54. The van der Waals surface area contributed by atoms with Crippen LogP contribution in [-0.2, 0) is 4.79 Å². The Balaban J connectivity index is 1.66. The first-order valence-corrected chi connectivity index (χ1v) is 10.6. The molecule has 8 heteroatoms. The first-order valence-electron chi connectivity index (χ1n) is 10.6. The standard InChI is InChI=1S/C23H31N5O3/c1-16(2)24-9-4-7-22(29)28-11-5-6-19(15-28)27-20-12-18(14-26-23(20)30)17-8-10-25-21(13-17)31-3/h4,7-8,10,12-14,16,19,24,27H,5-6,9,11,15H2,1-3H3,(H,26,30)/t19-/m0/s1. The Morgan fingerprint density at radius 1 is 1.39 bits per heavy atom. The van der Waals surface area contributed by atoms with Crippen LogP contribution in [0.15, 0.2) is 47.5 Å². The van der Waals surface area contributed by atoms with Crippen LogP contribution in [0.3, 0.4) is 0 Å². The van der Waals surface area contributed by atoms with E-state index in [2.05, 4.69) is 34.4 Å². The molecule has 0 spiro atoms. The average Bonchev–Trinajstić information content (AvgIpc) is 2.78. The van der Waals surface area contributed by atoms with E-state index in [0.29, 0.717) is 30.7 Å². The molecule has 1 aliphatic rings. The van der Waals surface area contributed by atoms with E-state index >= 15 is 0 Å². The molecule has 0 unspecified atom stereocenters. The van der Waals surface area contributed by atoms with Crippen molar-refractivity contribution in [2.45, 2.75) is 38.8 Å². The molecule has 0 saturated carbocycles. The topological polar surface area (TPSA) is 99.4 Å². The largest absolute Gasteiger partial charge is 0.481 e. The number of hydrogen-bond donors (Lipinski definition) is 3. The predicted octanol–water partition coefficient (Wildman–Crippen LogP) is 2.40. The zero-order chi connectivity index (χ0) is 22.2. The second-order valence-electron chi connectivity index (χ2n) is 7.95. The molecule has 2 aromatic heterocycles. The molecule has 1 fully saturated rings. The highest BCUT2D eigenvalue weighted by Crippen LogP contribution is 2.23. The Kier molecular flexibility index (Phi) is 7.83. The van der Waals surface area contributed by atoms with Gasteiger partial charge in [0.15, 0.2) is 0 Å². The summed E-state index contributed by atoms with van der Waals surface area (Å²) in [5, 5.41) is 6.59. The van der Waals surface area contributed by atoms with Gasteiger partial charge >= 0.3 is 0 Å². The molecule has 0 radical (unpaired) electrons. The molecule has 0 bridgehead atoms. The molecule has 2 aromatic rings. The van der Waals surface area contributed by atoms with Gasteiger partial charge in [-0.25, -0.2) is 4.98 Å². The lowest BCUT2D eigenvalue weighted by Gasteiger charge is -2.33. The van der Waals surface area contributed by atoms with Crippen LogP contribution in [0.4, 0.5) is 5.69 Å². The molecular formula is C23H31N5O3. The Morgan fingerprint density at radius 3 is 3.00 bits per heavy atom. The quantitative estimate of drug-likeness (QED) is 0.562. The van der Waals surface area contributed by atoms with Gasteiger partial charge in [-0.1, -0.05) is 19.9 Å². The maximum absolute atomic E-state index is 12.5. The molecule has 8 nitrogen and oxygen atoms in total. The number of rotatable bonds is 8. The van der Waals surface area contributed by atoms with Gasteiger partial charge in [0, 0.05) is 61.8 Å². The lowest BCUT2D eigenvalue weighted by molar-refractivity contribution is -0.127. The van der Waals surface area contributed by atoms with Crippen LogP contribution >= 0.6 is 0 Å². The van der Waals surface area contributed by atoms with Crippen LogP contribution in [0.25, 0.3) is 11.1 Å². The van der Waals surface area contributed by atoms with Crippen molar-refractivity contribution in [1.82, 2.24) is 20.2 Å². The lowest BCUT2D eigenvalue weighted by atomic mass is 10.0. The molecule has 1 aliphatic heterocycles. The second kappa shape index (κ2) is 10.8. The Hall–Kier alpha value is -3.13. The maximum Gasteiger partial charge on any atom is 0.271 e. The number of amides is 1. The number of nitrogens with zero attached hydrogens (tertiary/aromatic N) is 2. The van der Waals surface area contributed by atoms with Gasteiger partial charge in [-0.3, -0.25) is 9.59 Å². The van der Waals surface area contributed by atoms with Crippen molar-refractivity contribution in [2.75, 3.05) is 32.1 Å². The average molecular weight is 426 g/mol. The number of aromatic nitrogens is 2. The van der Waals surface area contributed by atoms with Gasteiger partial charge in [0.05, 0.1) is 7.11 Å². The molecule has 3 N–H and O–H groups in total. The van der Waals surface area contributed by atoms with Gasteiger partial charge in [-0.2, -0.15) is 0 Å². The highest BCUT2D eigenvalue weighted by Gasteiger charge is 2.23. The highest BCUT2D eigenvalue weighted by atomic mass is 16.5. The Morgan fingerprint density at radius 2 is 2.23 bits per heavy atom. The minimum absolute atomic E-state index is 0.00333. The van der Waals surface area contributed by atoms with E-state index < -0.39 is 0 Å². The van der Waals surface area contributed by atoms with Gasteiger partial charge in [-0.15, -0.1) is 0 Å². The summed E-state index contributed by atoms with van der Waals surface area (Å²) in [5.41, 5.74) is 2.05. The van der Waals surface area contributed by atoms with E-state index in [1.165, 1.54) is 0 Å². The van der Waals surface area contributed by atoms with E-state index in [1.807, 2.05) is 29.2 Å². The van der Waals surface area contributed by atoms with E-state index in [-0.39, 0.29) is 17.5 Å². The van der Waals surface area contributed by atoms with E-state index in [9.17, 15) is 9.59 Å². The Bertz CT molecular complexity index is 970. The van der Waals surface area contributed by atoms with Crippen LogP contribution in [0.2, 0.25) is 0 Å². The smallest absolute Gasteiger partial charge is 0.271 e. The molecule has 166 valence electrons. The molecular weight excluding hydrogens is 394 g/mol. The van der Waals surface area contributed by atoms with Gasteiger partial charge in [-0.05, 0) is 30.5 Å². The molecule has 1 amide bonds. The molecule has 1 saturated heterocycles. The van der Waals surface area contributed by atoms with E-state index in [0.717, 1.165) is 30.5 Å². The fourth-order valence-electron chi connectivity index (χ4n) is 3.54. The lowest BCUT2D eigenvalue weighted by Crippen LogP contribution is -2.45. The molecule has 0 aliphatic carbocycles. The van der Waals surface area contributed by atoms with Crippen LogP contribution in [0.1, 0.15) is 26.7 Å². The first kappa shape index (κ1) is 22.6. The zero-order valence-electron chi connectivity index (χ0n) is 18.4. The number of carbonyl (C=O) groups is 1. The molecule has 3 rings (SSSR count). The number of likely N-dealkylation sites (tertiary alicyclic amines) is 1. The summed E-state index contributed by atoms with van der Waals surface area (Å²) in [4.78, 5) is 33.6. The van der Waals surface area contributed by atoms with E-state index in [4.69, 9.17) is 4.74 Å².